The van der Waals surface area contributed by atoms with Crippen molar-refractivity contribution in [2.24, 2.45) is 5.73 Å². The zero-order valence-corrected chi connectivity index (χ0v) is 35.9. The standard InChI is InChI=1S/C22H23F3N2O3.C22H21F3N2O2.CH2Cl2/c1-3-8-14-12-16-19(30-27-20(16)22(23,24)25)15(9-4-2)17(14)29-18(21(26)28)13-10-6-5-7-11-13;1-3-8-15-12-17-20(29-27-21(17)22(23,24)25)16(9-4-2)19(15)28-18(13-26)14-10-6-5-7-11-14;2-1-3/h5-7,10-12,18H,3-4,8-9H2,1-2H3,(H2,26,28);5-7,10-12,18H,3-4,8-9H2,1-2H3;1H2. The predicted molar refractivity (Wildman–Crippen MR) is 225 cm³/mol. The Labute approximate surface area is 365 Å². The number of nitriles is 1. The molecule has 2 unspecified atom stereocenters. The molecule has 62 heavy (non-hydrogen) atoms. The Morgan fingerprint density at radius 2 is 1.08 bits per heavy atom. The predicted octanol–water partition coefficient (Wildman–Crippen LogP) is 13.2. The largest absolute Gasteiger partial charge is 0.475 e. The van der Waals surface area contributed by atoms with E-state index in [1.165, 1.54) is 12.1 Å². The Hall–Kier alpha value is -5.46. The summed E-state index contributed by atoms with van der Waals surface area (Å²) in [5.74, 6) is 0.0601. The fourth-order valence-corrected chi connectivity index (χ4v) is 6.89. The van der Waals surface area contributed by atoms with E-state index in [1.807, 2.05) is 33.8 Å². The van der Waals surface area contributed by atoms with Crippen molar-refractivity contribution < 1.29 is 49.7 Å². The van der Waals surface area contributed by atoms with Gasteiger partial charge in [-0.15, -0.1) is 23.2 Å². The highest BCUT2D eigenvalue weighted by Crippen LogP contribution is 2.43. The Morgan fingerprint density at radius 1 is 0.694 bits per heavy atom. The summed E-state index contributed by atoms with van der Waals surface area (Å²) in [6.45, 7) is 7.66. The number of hydrogen-bond acceptors (Lipinski definition) is 8. The average Bonchev–Trinajstić information content (AvgIpc) is 3.87. The van der Waals surface area contributed by atoms with Crippen LogP contribution in [0.15, 0.2) is 81.8 Å². The molecule has 9 nitrogen and oxygen atoms in total. The molecule has 2 atom stereocenters. The monoisotopic (exact) mass is 906 g/mol. The Kier molecular flexibility index (Phi) is 17.9. The fourth-order valence-electron chi connectivity index (χ4n) is 6.89. The van der Waals surface area contributed by atoms with E-state index in [0.29, 0.717) is 96.2 Å². The van der Waals surface area contributed by atoms with Crippen LogP contribution in [-0.4, -0.2) is 21.6 Å². The van der Waals surface area contributed by atoms with Gasteiger partial charge in [-0.1, -0.05) is 124 Å². The first kappa shape index (κ1) is 49.2. The maximum absolute atomic E-state index is 13.4. The third-order valence-corrected chi connectivity index (χ3v) is 9.40. The Balaban J connectivity index is 0.000000257. The lowest BCUT2D eigenvalue weighted by molar-refractivity contribution is -0.142. The highest BCUT2D eigenvalue weighted by Gasteiger charge is 2.40. The molecule has 6 rings (SSSR count). The van der Waals surface area contributed by atoms with Crippen LogP contribution >= 0.6 is 23.2 Å². The number of nitrogens with zero attached hydrogens (tertiary/aromatic N) is 3. The number of benzene rings is 4. The van der Waals surface area contributed by atoms with E-state index in [-0.39, 0.29) is 27.3 Å². The van der Waals surface area contributed by atoms with Crippen molar-refractivity contribution in [2.75, 3.05) is 5.34 Å². The Bertz CT molecular complexity index is 2420. The van der Waals surface area contributed by atoms with Crippen molar-refractivity contribution in [3.63, 3.8) is 0 Å². The maximum Gasteiger partial charge on any atom is 0.437 e. The first-order chi connectivity index (χ1) is 29.6. The molecule has 2 N–H and O–H groups in total. The molecule has 0 aliphatic rings. The van der Waals surface area contributed by atoms with Gasteiger partial charge >= 0.3 is 12.4 Å². The molecule has 17 heteroatoms. The van der Waals surface area contributed by atoms with Crippen molar-refractivity contribution in [2.45, 2.75) is 104 Å². The first-order valence-electron chi connectivity index (χ1n) is 19.9. The quantitative estimate of drug-likeness (QED) is 0.0794. The highest BCUT2D eigenvalue weighted by molar-refractivity contribution is 6.40. The smallest absolute Gasteiger partial charge is 0.437 e. The molecule has 0 aliphatic carbocycles. The van der Waals surface area contributed by atoms with E-state index in [4.69, 9.17) is 47.5 Å². The molecule has 0 bridgehead atoms. The zero-order valence-electron chi connectivity index (χ0n) is 34.4. The zero-order chi connectivity index (χ0) is 45.6. The molecular weight excluding hydrogens is 861 g/mol. The summed E-state index contributed by atoms with van der Waals surface area (Å²) in [7, 11) is 0. The van der Waals surface area contributed by atoms with Crippen LogP contribution in [0.1, 0.15) is 110 Å². The average molecular weight is 908 g/mol. The molecule has 332 valence electrons. The number of rotatable bonds is 15. The summed E-state index contributed by atoms with van der Waals surface area (Å²) in [6.07, 6.45) is -6.71. The van der Waals surface area contributed by atoms with Crippen LogP contribution < -0.4 is 15.2 Å². The minimum Gasteiger partial charge on any atom is -0.475 e. The molecule has 0 aliphatic heterocycles. The van der Waals surface area contributed by atoms with Gasteiger partial charge in [0.15, 0.2) is 22.6 Å². The number of carbonyl (C=O) groups excluding carboxylic acids is 1. The normalized spacial score (nSPS) is 12.4. The minimum atomic E-state index is -4.64. The topological polar surface area (TPSA) is 137 Å². The van der Waals surface area contributed by atoms with E-state index in [2.05, 4.69) is 16.4 Å². The van der Waals surface area contributed by atoms with Crippen molar-refractivity contribution in [3.8, 4) is 17.6 Å². The summed E-state index contributed by atoms with van der Waals surface area (Å²) in [4.78, 5) is 12.2. The fraction of sp³-hybridized carbons (Fsp3) is 0.378. The molecule has 0 saturated heterocycles. The van der Waals surface area contributed by atoms with E-state index in [9.17, 15) is 36.4 Å². The van der Waals surface area contributed by atoms with Crippen LogP contribution in [0.2, 0.25) is 0 Å². The number of carbonyl (C=O) groups is 1. The van der Waals surface area contributed by atoms with Gasteiger partial charge in [0.25, 0.3) is 5.91 Å². The summed E-state index contributed by atoms with van der Waals surface area (Å²) in [5.41, 5.74) is 6.98. The lowest BCUT2D eigenvalue weighted by Crippen LogP contribution is -2.26. The summed E-state index contributed by atoms with van der Waals surface area (Å²) >= 11 is 9.53. The molecule has 0 radical (unpaired) electrons. The van der Waals surface area contributed by atoms with Gasteiger partial charge in [-0.3, -0.25) is 4.79 Å². The highest BCUT2D eigenvalue weighted by atomic mass is 35.5. The third kappa shape index (κ3) is 11.9. The van der Waals surface area contributed by atoms with Crippen molar-refractivity contribution in [1.29, 1.82) is 5.26 Å². The second-order valence-electron chi connectivity index (χ2n) is 13.9. The van der Waals surface area contributed by atoms with Gasteiger partial charge in [-0.05, 0) is 48.9 Å². The van der Waals surface area contributed by atoms with Crippen LogP contribution in [0, 0.1) is 11.3 Å². The summed E-state index contributed by atoms with van der Waals surface area (Å²) in [6, 6.07) is 22.7. The van der Waals surface area contributed by atoms with Crippen LogP contribution in [-0.2, 0) is 42.8 Å². The van der Waals surface area contributed by atoms with Crippen molar-refractivity contribution >= 4 is 51.0 Å². The Morgan fingerprint density at radius 3 is 1.44 bits per heavy atom. The molecule has 0 spiro atoms. The van der Waals surface area contributed by atoms with Gasteiger partial charge in [0, 0.05) is 22.3 Å². The molecule has 0 fully saturated rings. The number of nitrogens with two attached hydrogens (primary N) is 1. The number of primary amides is 1. The lowest BCUT2D eigenvalue weighted by Gasteiger charge is -2.22. The van der Waals surface area contributed by atoms with Gasteiger partial charge in [-0.25, -0.2) is 0 Å². The van der Waals surface area contributed by atoms with Gasteiger partial charge in [-0.2, -0.15) is 31.6 Å². The molecule has 1 amide bonds. The van der Waals surface area contributed by atoms with E-state index in [0.717, 1.165) is 0 Å². The number of aryl methyl sites for hydroxylation is 4. The lowest BCUT2D eigenvalue weighted by atomic mass is 9.97. The molecule has 2 heterocycles. The number of hydrogen-bond donors (Lipinski definition) is 1. The second kappa shape index (κ2) is 22.6. The number of amides is 1. The van der Waals surface area contributed by atoms with Crippen molar-refractivity contribution in [1.82, 2.24) is 10.3 Å². The van der Waals surface area contributed by atoms with E-state index in [1.54, 1.807) is 54.6 Å². The number of aromatic nitrogens is 2. The van der Waals surface area contributed by atoms with Crippen LogP contribution in [0.4, 0.5) is 26.3 Å². The summed E-state index contributed by atoms with van der Waals surface area (Å²) < 4.78 is 103. The van der Waals surface area contributed by atoms with E-state index < -0.39 is 41.9 Å². The van der Waals surface area contributed by atoms with Gasteiger partial charge in [0.1, 0.15) is 17.6 Å². The summed E-state index contributed by atoms with van der Waals surface area (Å²) in [5, 5.41) is 16.2. The molecule has 2 aromatic heterocycles. The molecule has 0 saturated carbocycles. The van der Waals surface area contributed by atoms with Crippen LogP contribution in [0.3, 0.4) is 0 Å². The SMILES string of the molecule is CCCc1cc2c(C(F)(F)F)noc2c(CCC)c1OC(C#N)c1ccccc1.CCCc1cc2c(C(F)(F)F)noc2c(CCC)c1OC(C(N)=O)c1ccccc1.ClCCl. The number of halogens is 8. The molecule has 4 aromatic carbocycles. The van der Waals surface area contributed by atoms with E-state index >= 15 is 0 Å². The molecular formula is C45H46Cl2F6N4O5. The second-order valence-corrected chi connectivity index (χ2v) is 14.8. The number of alkyl halides is 8. The van der Waals surface area contributed by atoms with Gasteiger partial charge < -0.3 is 24.3 Å². The number of ether oxygens (including phenoxy) is 2. The third-order valence-electron chi connectivity index (χ3n) is 9.40. The minimum absolute atomic E-state index is 0.0234. The van der Waals surface area contributed by atoms with Gasteiger partial charge in [0.2, 0.25) is 12.2 Å². The van der Waals surface area contributed by atoms with Crippen molar-refractivity contribution in [3.05, 3.63) is 118 Å². The van der Waals surface area contributed by atoms with Gasteiger partial charge in [0.05, 0.1) is 16.1 Å². The van der Waals surface area contributed by atoms with Crippen LogP contribution in [0.25, 0.3) is 21.9 Å². The molecule has 6 aromatic rings. The maximum atomic E-state index is 13.4. The van der Waals surface area contributed by atoms with Crippen LogP contribution in [0.5, 0.6) is 11.5 Å². The first-order valence-corrected chi connectivity index (χ1v) is 20.9. The number of fused-ring (bicyclic) bond motifs is 2.